The van der Waals surface area contributed by atoms with Gasteiger partial charge in [-0.05, 0) is 43.7 Å². The summed E-state index contributed by atoms with van der Waals surface area (Å²) >= 11 is 1.66. The summed E-state index contributed by atoms with van der Waals surface area (Å²) < 4.78 is 0. The summed E-state index contributed by atoms with van der Waals surface area (Å²) in [5, 5.41) is 3.39. The van der Waals surface area contributed by atoms with Crippen molar-refractivity contribution in [3.63, 3.8) is 0 Å². The maximum Gasteiger partial charge on any atom is 0.255 e. The number of hydrogen-bond donors (Lipinski definition) is 1. The van der Waals surface area contributed by atoms with Crippen LogP contribution in [-0.4, -0.2) is 42.7 Å². The summed E-state index contributed by atoms with van der Waals surface area (Å²) in [6, 6.07) is 8.36. The Morgan fingerprint density at radius 1 is 1.33 bits per heavy atom. The number of carbonyl (C=O) groups excluding carboxylic acids is 1. The fraction of sp³-hybridized carbons (Fsp3) is 0.588. The first kappa shape index (κ1) is 14.9. The molecule has 0 spiro atoms. The Kier molecular flexibility index (Phi) is 4.86. The molecule has 4 heteroatoms. The molecule has 0 radical (unpaired) electrons. The van der Waals surface area contributed by atoms with Gasteiger partial charge in [0.05, 0.1) is 5.56 Å². The van der Waals surface area contributed by atoms with Crippen molar-refractivity contribution in [3.8, 4) is 0 Å². The third kappa shape index (κ3) is 3.61. The Balaban J connectivity index is 1.77. The molecular weight excluding hydrogens is 280 g/mol. The van der Waals surface area contributed by atoms with Gasteiger partial charge in [-0.15, -0.1) is 11.8 Å². The van der Waals surface area contributed by atoms with Crippen molar-refractivity contribution in [1.82, 2.24) is 10.2 Å². The van der Waals surface area contributed by atoms with Crippen molar-refractivity contribution < 1.29 is 4.79 Å². The highest BCUT2D eigenvalue weighted by Crippen LogP contribution is 2.33. The first-order chi connectivity index (χ1) is 10.3. The summed E-state index contributed by atoms with van der Waals surface area (Å²) in [5.74, 6) is 1.08. The number of amides is 1. The van der Waals surface area contributed by atoms with E-state index in [1.807, 2.05) is 30.5 Å². The van der Waals surface area contributed by atoms with E-state index in [1.54, 1.807) is 11.8 Å². The molecule has 1 amide bonds. The number of nitrogens with one attached hydrogen (secondary N) is 1. The Morgan fingerprint density at radius 3 is 2.81 bits per heavy atom. The van der Waals surface area contributed by atoms with Gasteiger partial charge < -0.3 is 10.2 Å². The highest BCUT2D eigenvalue weighted by molar-refractivity contribution is 7.98. The van der Waals surface area contributed by atoms with Gasteiger partial charge in [0.15, 0.2) is 0 Å². The van der Waals surface area contributed by atoms with Gasteiger partial charge in [-0.2, -0.15) is 0 Å². The molecule has 1 aliphatic heterocycles. The highest BCUT2D eigenvalue weighted by Gasteiger charge is 2.30. The summed E-state index contributed by atoms with van der Waals surface area (Å²) in [5.41, 5.74) is 0.868. The molecule has 0 unspecified atom stereocenters. The van der Waals surface area contributed by atoms with E-state index in [1.165, 1.54) is 19.3 Å². The van der Waals surface area contributed by atoms with Gasteiger partial charge >= 0.3 is 0 Å². The maximum absolute atomic E-state index is 13.0. The SMILES string of the molecule is CSc1ccccc1C(=O)N(CCC1CC1)[C@H]1CCNC1. The van der Waals surface area contributed by atoms with Crippen molar-refractivity contribution in [1.29, 1.82) is 0 Å². The second-order valence-corrected chi connectivity index (χ2v) is 6.93. The van der Waals surface area contributed by atoms with Gasteiger partial charge in [0.25, 0.3) is 5.91 Å². The number of carbonyl (C=O) groups is 1. The molecule has 1 N–H and O–H groups in total. The second kappa shape index (κ2) is 6.84. The average molecular weight is 304 g/mol. The van der Waals surface area contributed by atoms with Crippen LogP contribution in [0.2, 0.25) is 0 Å². The van der Waals surface area contributed by atoms with Gasteiger partial charge in [-0.3, -0.25) is 4.79 Å². The summed E-state index contributed by atoms with van der Waals surface area (Å²) in [6.45, 7) is 2.89. The van der Waals surface area contributed by atoms with Crippen LogP contribution < -0.4 is 5.32 Å². The van der Waals surface area contributed by atoms with Crippen LogP contribution in [0.4, 0.5) is 0 Å². The van der Waals surface area contributed by atoms with E-state index in [9.17, 15) is 4.79 Å². The second-order valence-electron chi connectivity index (χ2n) is 6.08. The van der Waals surface area contributed by atoms with Gasteiger partial charge in [0.1, 0.15) is 0 Å². The molecular formula is C17H24N2OS. The Morgan fingerprint density at radius 2 is 2.14 bits per heavy atom. The summed E-state index contributed by atoms with van der Waals surface area (Å²) in [7, 11) is 0. The lowest BCUT2D eigenvalue weighted by Gasteiger charge is -2.29. The molecule has 21 heavy (non-hydrogen) atoms. The van der Waals surface area contributed by atoms with Gasteiger partial charge in [0.2, 0.25) is 0 Å². The van der Waals surface area contributed by atoms with Crippen LogP contribution >= 0.6 is 11.8 Å². The quantitative estimate of drug-likeness (QED) is 0.820. The monoisotopic (exact) mass is 304 g/mol. The van der Waals surface area contributed by atoms with E-state index in [2.05, 4.69) is 10.2 Å². The van der Waals surface area contributed by atoms with Crippen LogP contribution in [0.5, 0.6) is 0 Å². The molecule has 1 saturated heterocycles. The zero-order chi connectivity index (χ0) is 14.7. The zero-order valence-electron chi connectivity index (χ0n) is 12.7. The molecule has 3 nitrogen and oxygen atoms in total. The number of rotatable bonds is 6. The van der Waals surface area contributed by atoms with E-state index in [4.69, 9.17) is 0 Å². The van der Waals surface area contributed by atoms with Crippen LogP contribution in [0.3, 0.4) is 0 Å². The Labute approximate surface area is 131 Å². The number of nitrogens with zero attached hydrogens (tertiary/aromatic N) is 1. The molecule has 1 aromatic carbocycles. The van der Waals surface area contributed by atoms with Gasteiger partial charge in [-0.1, -0.05) is 25.0 Å². The van der Waals surface area contributed by atoms with E-state index in [0.717, 1.165) is 42.4 Å². The zero-order valence-corrected chi connectivity index (χ0v) is 13.5. The largest absolute Gasteiger partial charge is 0.334 e. The molecule has 2 fully saturated rings. The van der Waals surface area contributed by atoms with Gasteiger partial charge in [-0.25, -0.2) is 0 Å². The van der Waals surface area contributed by atoms with Crippen molar-refractivity contribution in [3.05, 3.63) is 29.8 Å². The minimum Gasteiger partial charge on any atom is -0.334 e. The van der Waals surface area contributed by atoms with Crippen molar-refractivity contribution in [2.45, 2.75) is 36.6 Å². The number of benzene rings is 1. The molecule has 1 saturated carbocycles. The van der Waals surface area contributed by atoms with E-state index in [0.29, 0.717) is 6.04 Å². The molecule has 3 rings (SSSR count). The smallest absolute Gasteiger partial charge is 0.255 e. The normalized spacial score (nSPS) is 21.5. The molecule has 114 valence electrons. The molecule has 2 aliphatic rings. The summed E-state index contributed by atoms with van der Waals surface area (Å²) in [6.07, 6.45) is 7.00. The number of thioether (sulfide) groups is 1. The minimum absolute atomic E-state index is 0.217. The molecule has 1 atom stereocenters. The lowest BCUT2D eigenvalue weighted by molar-refractivity contribution is 0.0683. The predicted molar refractivity (Wildman–Crippen MR) is 87.9 cm³/mol. The van der Waals surface area contributed by atoms with E-state index in [-0.39, 0.29) is 5.91 Å². The van der Waals surface area contributed by atoms with E-state index < -0.39 is 0 Å². The molecule has 1 aromatic rings. The van der Waals surface area contributed by atoms with E-state index >= 15 is 0 Å². The molecule has 1 aliphatic carbocycles. The fourth-order valence-corrected chi connectivity index (χ4v) is 3.65. The van der Waals surface area contributed by atoms with Crippen LogP contribution in [0.15, 0.2) is 29.2 Å². The Bertz CT molecular complexity index is 495. The third-order valence-corrected chi connectivity index (χ3v) is 5.34. The third-order valence-electron chi connectivity index (χ3n) is 4.55. The predicted octanol–water partition coefficient (Wildman–Crippen LogP) is 3.01. The molecule has 0 aromatic heterocycles. The van der Waals surface area contributed by atoms with Crippen molar-refractivity contribution in [2.24, 2.45) is 5.92 Å². The van der Waals surface area contributed by atoms with Crippen LogP contribution in [-0.2, 0) is 0 Å². The average Bonchev–Trinajstić information content (AvgIpc) is 3.19. The van der Waals surface area contributed by atoms with Crippen LogP contribution in [0.25, 0.3) is 0 Å². The fourth-order valence-electron chi connectivity index (χ4n) is 3.06. The summed E-state index contributed by atoms with van der Waals surface area (Å²) in [4.78, 5) is 16.2. The van der Waals surface area contributed by atoms with Gasteiger partial charge in [0, 0.05) is 24.0 Å². The lowest BCUT2D eigenvalue weighted by Crippen LogP contribution is -2.42. The topological polar surface area (TPSA) is 32.3 Å². The Hall–Kier alpha value is -1.00. The van der Waals surface area contributed by atoms with Crippen molar-refractivity contribution >= 4 is 17.7 Å². The molecule has 1 heterocycles. The lowest BCUT2D eigenvalue weighted by atomic mass is 10.1. The molecule has 0 bridgehead atoms. The first-order valence-electron chi connectivity index (χ1n) is 7.94. The number of hydrogen-bond acceptors (Lipinski definition) is 3. The standard InChI is InChI=1S/C17H24N2OS/c1-21-16-5-3-2-4-15(16)17(20)19(11-9-13-6-7-13)14-8-10-18-12-14/h2-5,13-14,18H,6-12H2,1H3/t14-/m0/s1. The maximum atomic E-state index is 13.0. The van der Waals surface area contributed by atoms with Crippen molar-refractivity contribution in [2.75, 3.05) is 25.9 Å². The van der Waals surface area contributed by atoms with Crippen LogP contribution in [0, 0.1) is 5.92 Å². The first-order valence-corrected chi connectivity index (χ1v) is 9.16. The van der Waals surface area contributed by atoms with Crippen LogP contribution in [0.1, 0.15) is 36.0 Å². The minimum atomic E-state index is 0.217. The highest BCUT2D eigenvalue weighted by atomic mass is 32.2.